The Hall–Kier alpha value is -2.35. The quantitative estimate of drug-likeness (QED) is 0.732. The first-order chi connectivity index (χ1) is 10.2. The first-order valence-electron chi connectivity index (χ1n) is 7.41. The number of aryl methyl sites for hydroxylation is 2. The molecule has 0 atom stereocenters. The maximum Gasteiger partial charge on any atom is 0.0762 e. The summed E-state index contributed by atoms with van der Waals surface area (Å²) in [6.07, 6.45) is 0. The van der Waals surface area contributed by atoms with Crippen LogP contribution >= 0.6 is 0 Å². The van der Waals surface area contributed by atoms with Crippen LogP contribution < -0.4 is 5.32 Å². The number of pyridine rings is 1. The van der Waals surface area contributed by atoms with Gasteiger partial charge in [-0.2, -0.15) is 0 Å². The molecule has 21 heavy (non-hydrogen) atoms. The molecule has 1 N–H and O–H groups in total. The number of benzene rings is 2. The van der Waals surface area contributed by atoms with Crippen molar-refractivity contribution < 1.29 is 0 Å². The molecular formula is C19H20N2. The zero-order chi connectivity index (χ0) is 14.8. The summed E-state index contributed by atoms with van der Waals surface area (Å²) in [6, 6.07) is 16.8. The highest BCUT2D eigenvalue weighted by Gasteiger charge is 2.10. The average Bonchev–Trinajstić information content (AvgIpc) is 2.52. The fourth-order valence-electron chi connectivity index (χ4n) is 2.62. The van der Waals surface area contributed by atoms with Gasteiger partial charge in [-0.3, -0.25) is 0 Å². The predicted molar refractivity (Wildman–Crippen MR) is 90.8 cm³/mol. The second kappa shape index (κ2) is 5.57. The van der Waals surface area contributed by atoms with Gasteiger partial charge in [0.25, 0.3) is 0 Å². The summed E-state index contributed by atoms with van der Waals surface area (Å²) in [6.45, 7) is 7.31. The summed E-state index contributed by atoms with van der Waals surface area (Å²) >= 11 is 0. The molecule has 1 aromatic heterocycles. The van der Waals surface area contributed by atoms with E-state index in [0.717, 1.165) is 29.0 Å². The Morgan fingerprint density at radius 1 is 1.00 bits per heavy atom. The van der Waals surface area contributed by atoms with Crippen molar-refractivity contribution in [1.82, 2.24) is 4.98 Å². The standard InChI is InChI=1S/C19H20N2/c1-4-20-18-12-17(15-8-6-5-7-9-15)21-19-14(3)13(2)10-11-16(18)19/h5-12H,4H2,1-3H3,(H,20,21). The molecule has 0 amide bonds. The molecule has 0 aliphatic rings. The van der Waals surface area contributed by atoms with Gasteiger partial charge in [-0.15, -0.1) is 0 Å². The Bertz CT molecular complexity index is 776. The van der Waals surface area contributed by atoms with Crippen LogP contribution in [-0.4, -0.2) is 11.5 Å². The van der Waals surface area contributed by atoms with Crippen LogP contribution in [0.1, 0.15) is 18.1 Å². The molecule has 3 aromatic rings. The van der Waals surface area contributed by atoms with Gasteiger partial charge < -0.3 is 5.32 Å². The van der Waals surface area contributed by atoms with Crippen molar-refractivity contribution in [3.8, 4) is 11.3 Å². The average molecular weight is 276 g/mol. The van der Waals surface area contributed by atoms with E-state index in [1.54, 1.807) is 0 Å². The van der Waals surface area contributed by atoms with Crippen LogP contribution in [-0.2, 0) is 0 Å². The molecule has 2 aromatic carbocycles. The predicted octanol–water partition coefficient (Wildman–Crippen LogP) is 4.95. The number of hydrogen-bond donors (Lipinski definition) is 1. The van der Waals surface area contributed by atoms with Crippen LogP contribution in [0.3, 0.4) is 0 Å². The fraction of sp³-hybridized carbons (Fsp3) is 0.211. The van der Waals surface area contributed by atoms with Crippen LogP contribution in [0.25, 0.3) is 22.2 Å². The van der Waals surface area contributed by atoms with E-state index in [2.05, 4.69) is 68.6 Å². The summed E-state index contributed by atoms with van der Waals surface area (Å²) < 4.78 is 0. The van der Waals surface area contributed by atoms with Crippen LogP contribution in [0.5, 0.6) is 0 Å². The lowest BCUT2D eigenvalue weighted by Crippen LogP contribution is -2.00. The van der Waals surface area contributed by atoms with Crippen molar-refractivity contribution in [1.29, 1.82) is 0 Å². The molecule has 0 aliphatic carbocycles. The van der Waals surface area contributed by atoms with Gasteiger partial charge in [0.2, 0.25) is 0 Å². The van der Waals surface area contributed by atoms with Crippen molar-refractivity contribution in [2.45, 2.75) is 20.8 Å². The van der Waals surface area contributed by atoms with E-state index in [9.17, 15) is 0 Å². The third-order valence-electron chi connectivity index (χ3n) is 3.94. The molecule has 0 bridgehead atoms. The van der Waals surface area contributed by atoms with Gasteiger partial charge >= 0.3 is 0 Å². The van der Waals surface area contributed by atoms with Gasteiger partial charge in [0, 0.05) is 23.2 Å². The minimum atomic E-state index is 0.903. The number of fused-ring (bicyclic) bond motifs is 1. The topological polar surface area (TPSA) is 24.9 Å². The molecule has 106 valence electrons. The fourth-order valence-corrected chi connectivity index (χ4v) is 2.62. The summed E-state index contributed by atoms with van der Waals surface area (Å²) in [4.78, 5) is 4.91. The third kappa shape index (κ3) is 2.49. The van der Waals surface area contributed by atoms with E-state index in [4.69, 9.17) is 4.98 Å². The van der Waals surface area contributed by atoms with E-state index in [1.165, 1.54) is 16.5 Å². The van der Waals surface area contributed by atoms with E-state index in [-0.39, 0.29) is 0 Å². The molecule has 0 saturated heterocycles. The van der Waals surface area contributed by atoms with E-state index in [0.29, 0.717) is 0 Å². The zero-order valence-electron chi connectivity index (χ0n) is 12.8. The lowest BCUT2D eigenvalue weighted by molar-refractivity contribution is 1.21. The monoisotopic (exact) mass is 276 g/mol. The van der Waals surface area contributed by atoms with Crippen molar-refractivity contribution >= 4 is 16.6 Å². The Kier molecular flexibility index (Phi) is 3.61. The molecule has 3 rings (SSSR count). The molecule has 0 aliphatic heterocycles. The van der Waals surface area contributed by atoms with Gasteiger partial charge in [0.15, 0.2) is 0 Å². The maximum absolute atomic E-state index is 4.91. The van der Waals surface area contributed by atoms with Gasteiger partial charge in [-0.05, 0) is 38.0 Å². The molecule has 0 unspecified atom stereocenters. The van der Waals surface area contributed by atoms with E-state index < -0.39 is 0 Å². The Morgan fingerprint density at radius 3 is 2.48 bits per heavy atom. The molecule has 2 nitrogen and oxygen atoms in total. The van der Waals surface area contributed by atoms with Crippen LogP contribution in [0.2, 0.25) is 0 Å². The molecule has 2 heteroatoms. The number of aromatic nitrogens is 1. The SMILES string of the molecule is CCNc1cc(-c2ccccc2)nc2c(C)c(C)ccc12. The first kappa shape index (κ1) is 13.6. The van der Waals surface area contributed by atoms with Crippen LogP contribution in [0.4, 0.5) is 5.69 Å². The van der Waals surface area contributed by atoms with Gasteiger partial charge in [0.1, 0.15) is 0 Å². The first-order valence-corrected chi connectivity index (χ1v) is 7.41. The highest BCUT2D eigenvalue weighted by Crippen LogP contribution is 2.31. The highest BCUT2D eigenvalue weighted by molar-refractivity contribution is 5.96. The molecular weight excluding hydrogens is 256 g/mol. The Morgan fingerprint density at radius 2 is 1.76 bits per heavy atom. The minimum Gasteiger partial charge on any atom is -0.385 e. The highest BCUT2D eigenvalue weighted by atomic mass is 14.9. The van der Waals surface area contributed by atoms with Crippen molar-refractivity contribution in [3.05, 3.63) is 59.7 Å². The maximum atomic E-state index is 4.91. The summed E-state index contributed by atoms with van der Waals surface area (Å²) in [7, 11) is 0. The van der Waals surface area contributed by atoms with Crippen molar-refractivity contribution in [2.75, 3.05) is 11.9 Å². The Labute approximate surface area is 125 Å². The number of rotatable bonds is 3. The molecule has 0 fully saturated rings. The van der Waals surface area contributed by atoms with Crippen molar-refractivity contribution in [2.24, 2.45) is 0 Å². The second-order valence-electron chi connectivity index (χ2n) is 5.36. The molecule has 0 saturated carbocycles. The molecule has 1 heterocycles. The molecule has 0 radical (unpaired) electrons. The third-order valence-corrected chi connectivity index (χ3v) is 3.94. The van der Waals surface area contributed by atoms with Gasteiger partial charge in [-0.25, -0.2) is 4.98 Å². The lowest BCUT2D eigenvalue weighted by atomic mass is 10.0. The largest absolute Gasteiger partial charge is 0.385 e. The summed E-state index contributed by atoms with van der Waals surface area (Å²) in [5.41, 5.74) is 6.95. The normalized spacial score (nSPS) is 10.8. The van der Waals surface area contributed by atoms with Crippen LogP contribution in [0.15, 0.2) is 48.5 Å². The smallest absolute Gasteiger partial charge is 0.0762 e. The second-order valence-corrected chi connectivity index (χ2v) is 5.36. The number of hydrogen-bond acceptors (Lipinski definition) is 2. The van der Waals surface area contributed by atoms with Gasteiger partial charge in [0.05, 0.1) is 11.2 Å². The lowest BCUT2D eigenvalue weighted by Gasteiger charge is -2.13. The number of anilines is 1. The van der Waals surface area contributed by atoms with Crippen LogP contribution in [0, 0.1) is 13.8 Å². The van der Waals surface area contributed by atoms with E-state index in [1.807, 2.05) is 6.07 Å². The Balaban J connectivity index is 2.30. The number of nitrogens with zero attached hydrogens (tertiary/aromatic N) is 1. The van der Waals surface area contributed by atoms with Crippen molar-refractivity contribution in [3.63, 3.8) is 0 Å². The minimum absolute atomic E-state index is 0.903. The zero-order valence-corrected chi connectivity index (χ0v) is 12.8. The summed E-state index contributed by atoms with van der Waals surface area (Å²) in [5, 5.41) is 4.66. The number of nitrogens with one attached hydrogen (secondary N) is 1. The van der Waals surface area contributed by atoms with Gasteiger partial charge in [-0.1, -0.05) is 42.5 Å². The summed E-state index contributed by atoms with van der Waals surface area (Å²) in [5.74, 6) is 0. The molecule has 0 spiro atoms. The van der Waals surface area contributed by atoms with E-state index >= 15 is 0 Å².